The zero-order valence-corrected chi connectivity index (χ0v) is 17.1. The molecule has 0 spiro atoms. The molecule has 2 aromatic rings. The van der Waals surface area contributed by atoms with Gasteiger partial charge in [-0.1, -0.05) is 50.2 Å². The monoisotopic (exact) mass is 398 g/mol. The number of aliphatic hydroxyl groups excluding tert-OH is 1. The Balaban J connectivity index is 1.94. The fourth-order valence-electron chi connectivity index (χ4n) is 3.61. The Bertz CT molecular complexity index is 842. The van der Waals surface area contributed by atoms with E-state index in [1.54, 1.807) is 29.2 Å². The Hall–Kier alpha value is -2.44. The van der Waals surface area contributed by atoms with Gasteiger partial charge in [-0.2, -0.15) is 0 Å². The number of carbonyl (C=O) groups is 2. The summed E-state index contributed by atoms with van der Waals surface area (Å²) < 4.78 is 0. The molecule has 1 saturated heterocycles. The fraction of sp³-hybridized carbons (Fsp3) is 0.364. The van der Waals surface area contributed by atoms with Crippen molar-refractivity contribution in [2.75, 3.05) is 26.2 Å². The van der Waals surface area contributed by atoms with Crippen LogP contribution in [0, 0.1) is 0 Å². The van der Waals surface area contributed by atoms with Crippen molar-refractivity contribution < 1.29 is 14.7 Å². The van der Waals surface area contributed by atoms with Gasteiger partial charge in [-0.3, -0.25) is 9.59 Å². The van der Waals surface area contributed by atoms with E-state index in [-0.39, 0.29) is 11.3 Å². The third-order valence-corrected chi connectivity index (χ3v) is 6.09. The molecule has 0 bridgehead atoms. The van der Waals surface area contributed by atoms with E-state index in [0.717, 1.165) is 30.9 Å². The van der Waals surface area contributed by atoms with Gasteiger partial charge in [0, 0.05) is 17.0 Å². The molecule has 148 valence electrons. The number of amides is 1. The summed E-state index contributed by atoms with van der Waals surface area (Å²) in [7, 11) is 0. The van der Waals surface area contributed by atoms with Crippen molar-refractivity contribution in [3.63, 3.8) is 0 Å². The largest absolute Gasteiger partial charge is 0.507 e. The average molecular weight is 399 g/mol. The Morgan fingerprint density at radius 3 is 2.43 bits per heavy atom. The van der Waals surface area contributed by atoms with Crippen molar-refractivity contribution >= 4 is 28.8 Å². The molecule has 1 amide bonds. The van der Waals surface area contributed by atoms with E-state index < -0.39 is 17.7 Å². The van der Waals surface area contributed by atoms with Crippen molar-refractivity contribution in [2.24, 2.45) is 0 Å². The highest BCUT2D eigenvalue weighted by Gasteiger charge is 2.46. The van der Waals surface area contributed by atoms with Gasteiger partial charge in [0.15, 0.2) is 0 Å². The van der Waals surface area contributed by atoms with E-state index in [0.29, 0.717) is 12.1 Å². The minimum Gasteiger partial charge on any atom is -0.507 e. The van der Waals surface area contributed by atoms with Crippen molar-refractivity contribution in [3.05, 3.63) is 63.9 Å². The van der Waals surface area contributed by atoms with Gasteiger partial charge >= 0.3 is 0 Å². The molecule has 3 rings (SSSR count). The summed E-state index contributed by atoms with van der Waals surface area (Å²) in [5, 5.41) is 12.8. The van der Waals surface area contributed by atoms with Gasteiger partial charge in [0.1, 0.15) is 5.76 Å². The third kappa shape index (κ3) is 4.03. The molecule has 28 heavy (non-hydrogen) atoms. The van der Waals surface area contributed by atoms with Crippen LogP contribution < -0.4 is 0 Å². The first kappa shape index (κ1) is 20.3. The summed E-state index contributed by atoms with van der Waals surface area (Å²) in [6.07, 6.45) is 0.780. The smallest absolute Gasteiger partial charge is 0.295 e. The zero-order valence-electron chi connectivity index (χ0n) is 16.3. The summed E-state index contributed by atoms with van der Waals surface area (Å²) in [5.74, 6) is -1.25. The molecule has 1 N–H and O–H groups in total. The minimum absolute atomic E-state index is 0.108. The number of Topliss-reactive ketones (excluding diaryl/α,β-unsaturated/α-hetero) is 1. The molecule has 1 aromatic heterocycles. The first-order chi connectivity index (χ1) is 13.6. The molecule has 1 aliphatic heterocycles. The van der Waals surface area contributed by atoms with E-state index in [2.05, 4.69) is 18.7 Å². The van der Waals surface area contributed by atoms with Crippen LogP contribution in [0.1, 0.15) is 36.8 Å². The van der Waals surface area contributed by atoms with Crippen LogP contribution in [-0.4, -0.2) is 52.8 Å². The first-order valence-corrected chi connectivity index (χ1v) is 10.6. The van der Waals surface area contributed by atoms with Crippen LogP contribution in [0.15, 0.2) is 53.4 Å². The fourth-order valence-corrected chi connectivity index (χ4v) is 4.45. The second kappa shape index (κ2) is 9.17. The SMILES string of the molecule is CCN(CC)CCCN1C(=O)C(=O)C(=C(O)c2ccccc2)[C@@H]1c1cccs1. The summed E-state index contributed by atoms with van der Waals surface area (Å²) in [6, 6.07) is 12.2. The first-order valence-electron chi connectivity index (χ1n) is 9.68. The van der Waals surface area contributed by atoms with E-state index in [1.807, 2.05) is 23.6 Å². The Labute approximate surface area is 169 Å². The van der Waals surface area contributed by atoms with Gasteiger partial charge in [-0.05, 0) is 37.5 Å². The number of benzene rings is 1. The van der Waals surface area contributed by atoms with Crippen LogP contribution >= 0.6 is 11.3 Å². The average Bonchev–Trinajstić information content (AvgIpc) is 3.33. The number of nitrogens with zero attached hydrogens (tertiary/aromatic N) is 2. The lowest BCUT2D eigenvalue weighted by Crippen LogP contribution is -2.33. The minimum atomic E-state index is -0.609. The number of ketones is 1. The molecule has 0 aliphatic carbocycles. The summed E-state index contributed by atoms with van der Waals surface area (Å²) >= 11 is 1.49. The van der Waals surface area contributed by atoms with Crippen molar-refractivity contribution in [3.8, 4) is 0 Å². The molecule has 2 heterocycles. The number of hydrogen-bond acceptors (Lipinski definition) is 5. The normalized spacial score (nSPS) is 19.0. The molecule has 5 nitrogen and oxygen atoms in total. The van der Waals surface area contributed by atoms with Crippen molar-refractivity contribution in [1.29, 1.82) is 0 Å². The van der Waals surface area contributed by atoms with E-state index in [9.17, 15) is 14.7 Å². The third-order valence-electron chi connectivity index (χ3n) is 5.17. The molecule has 0 unspecified atom stereocenters. The second-order valence-corrected chi connectivity index (χ2v) is 7.73. The Morgan fingerprint density at radius 1 is 1.11 bits per heavy atom. The van der Waals surface area contributed by atoms with Crippen LogP contribution in [0.3, 0.4) is 0 Å². The lowest BCUT2D eigenvalue weighted by Gasteiger charge is -2.25. The molecule has 1 atom stereocenters. The number of carbonyl (C=O) groups excluding carboxylic acids is 2. The highest BCUT2D eigenvalue weighted by atomic mass is 32.1. The molecule has 6 heteroatoms. The van der Waals surface area contributed by atoms with E-state index >= 15 is 0 Å². The molecule has 1 fully saturated rings. The molecule has 0 saturated carbocycles. The van der Waals surface area contributed by atoms with Crippen LogP contribution in [0.25, 0.3) is 5.76 Å². The van der Waals surface area contributed by atoms with Gasteiger partial charge in [0.2, 0.25) is 0 Å². The quantitative estimate of drug-likeness (QED) is 0.416. The summed E-state index contributed by atoms with van der Waals surface area (Å²) in [4.78, 5) is 30.4. The predicted octanol–water partition coefficient (Wildman–Crippen LogP) is 3.90. The highest BCUT2D eigenvalue weighted by Crippen LogP contribution is 2.41. The zero-order chi connectivity index (χ0) is 20.1. The van der Waals surface area contributed by atoms with Crippen LogP contribution in [0.5, 0.6) is 0 Å². The van der Waals surface area contributed by atoms with Gasteiger partial charge in [0.05, 0.1) is 11.6 Å². The van der Waals surface area contributed by atoms with Crippen molar-refractivity contribution in [2.45, 2.75) is 26.3 Å². The molecule has 1 aromatic carbocycles. The van der Waals surface area contributed by atoms with Gasteiger partial charge in [-0.25, -0.2) is 0 Å². The maximum Gasteiger partial charge on any atom is 0.295 e. The molecular formula is C22H26N2O3S. The summed E-state index contributed by atoms with van der Waals surface area (Å²) in [5.41, 5.74) is 0.728. The number of thiophene rings is 1. The molecule has 1 aliphatic rings. The summed E-state index contributed by atoms with van der Waals surface area (Å²) in [6.45, 7) is 7.48. The van der Waals surface area contributed by atoms with Gasteiger partial charge in [-0.15, -0.1) is 11.3 Å². The molecule has 0 radical (unpaired) electrons. The number of hydrogen-bond donors (Lipinski definition) is 1. The predicted molar refractivity (Wildman–Crippen MR) is 112 cm³/mol. The number of likely N-dealkylation sites (tertiary alicyclic amines) is 1. The van der Waals surface area contributed by atoms with E-state index in [1.165, 1.54) is 11.3 Å². The second-order valence-electron chi connectivity index (χ2n) is 6.75. The Kier molecular flexibility index (Phi) is 6.65. The highest BCUT2D eigenvalue weighted by molar-refractivity contribution is 7.10. The molecular weight excluding hydrogens is 372 g/mol. The number of aliphatic hydroxyl groups is 1. The van der Waals surface area contributed by atoms with E-state index in [4.69, 9.17) is 0 Å². The van der Waals surface area contributed by atoms with Gasteiger partial charge in [0.25, 0.3) is 11.7 Å². The van der Waals surface area contributed by atoms with Crippen LogP contribution in [-0.2, 0) is 9.59 Å². The topological polar surface area (TPSA) is 60.9 Å². The maximum absolute atomic E-state index is 12.8. The number of rotatable bonds is 8. The lowest BCUT2D eigenvalue weighted by atomic mass is 10.00. The van der Waals surface area contributed by atoms with Gasteiger partial charge < -0.3 is 14.9 Å². The van der Waals surface area contributed by atoms with Crippen LogP contribution in [0.4, 0.5) is 0 Å². The van der Waals surface area contributed by atoms with Crippen molar-refractivity contribution in [1.82, 2.24) is 9.80 Å². The van der Waals surface area contributed by atoms with Crippen LogP contribution in [0.2, 0.25) is 0 Å². The maximum atomic E-state index is 12.8. The standard InChI is InChI=1S/C22H26N2O3S/c1-3-23(4-2)13-9-14-24-19(17-12-8-15-28-17)18(21(26)22(24)27)20(25)16-10-6-5-7-11-16/h5-8,10-12,15,19,25H,3-4,9,13-14H2,1-2H3/t19-/m0/s1. The Morgan fingerprint density at radius 2 is 1.82 bits per heavy atom. The lowest BCUT2D eigenvalue weighted by molar-refractivity contribution is -0.139.